The second-order valence-electron chi connectivity index (χ2n) is 3.86. The second-order valence-corrected chi connectivity index (χ2v) is 3.86. The summed E-state index contributed by atoms with van der Waals surface area (Å²) in [6.07, 6.45) is 6.37. The van der Waals surface area contributed by atoms with Gasteiger partial charge in [0, 0.05) is 0 Å². The Labute approximate surface area is 93.8 Å². The fourth-order valence-electron chi connectivity index (χ4n) is 1.54. The van der Waals surface area contributed by atoms with Gasteiger partial charge in [-0.2, -0.15) is 0 Å². The Hall–Kier alpha value is -0.570. The van der Waals surface area contributed by atoms with Gasteiger partial charge in [-0.3, -0.25) is 9.69 Å². The van der Waals surface area contributed by atoms with E-state index in [0.29, 0.717) is 6.54 Å². The lowest BCUT2D eigenvalue weighted by Gasteiger charge is -2.18. The molecule has 3 nitrogen and oxygen atoms in total. The highest BCUT2D eigenvalue weighted by molar-refractivity contribution is 5.71. The van der Waals surface area contributed by atoms with E-state index in [1.165, 1.54) is 39.2 Å². The first-order valence-corrected chi connectivity index (χ1v) is 6.03. The number of methoxy groups -OCH3 is 1. The maximum atomic E-state index is 11.1. The number of esters is 1. The summed E-state index contributed by atoms with van der Waals surface area (Å²) in [4.78, 5) is 13.2. The summed E-state index contributed by atoms with van der Waals surface area (Å²) < 4.78 is 4.65. The molecule has 0 aliphatic heterocycles. The number of likely N-dealkylation sites (N-methyl/N-ethyl adjacent to an activating group) is 1. The van der Waals surface area contributed by atoms with Gasteiger partial charge in [0.15, 0.2) is 0 Å². The number of hydrogen-bond acceptors (Lipinski definition) is 3. The molecule has 0 unspecified atom stereocenters. The molecule has 90 valence electrons. The highest BCUT2D eigenvalue weighted by Gasteiger charge is 2.07. The minimum atomic E-state index is -0.134. The molecule has 0 saturated heterocycles. The van der Waals surface area contributed by atoms with Crippen LogP contribution in [0.5, 0.6) is 0 Å². The summed E-state index contributed by atoms with van der Waals surface area (Å²) in [6.45, 7) is 6.66. The fourth-order valence-corrected chi connectivity index (χ4v) is 1.54. The molecule has 0 bridgehead atoms. The van der Waals surface area contributed by atoms with E-state index in [9.17, 15) is 4.79 Å². The zero-order valence-corrected chi connectivity index (χ0v) is 10.4. The van der Waals surface area contributed by atoms with E-state index in [4.69, 9.17) is 0 Å². The minimum absolute atomic E-state index is 0.134. The predicted octanol–water partition coefficient (Wildman–Crippen LogP) is 2.45. The molecule has 0 rings (SSSR count). The standard InChI is InChI=1S/C12H25NO2/c1-4-6-7-8-9-10-13(5-2)11-12(14)15-3/h4-11H2,1-3H3. The van der Waals surface area contributed by atoms with Crippen LogP contribution in [0.4, 0.5) is 0 Å². The molecular formula is C12H25NO2. The lowest BCUT2D eigenvalue weighted by atomic mass is 10.1. The maximum Gasteiger partial charge on any atom is 0.319 e. The van der Waals surface area contributed by atoms with Crippen molar-refractivity contribution in [2.24, 2.45) is 0 Å². The third kappa shape index (κ3) is 8.43. The Balaban J connectivity index is 3.48. The van der Waals surface area contributed by atoms with Crippen LogP contribution in [0.15, 0.2) is 0 Å². The van der Waals surface area contributed by atoms with Crippen LogP contribution in [-0.2, 0) is 9.53 Å². The molecule has 0 N–H and O–H groups in total. The summed E-state index contributed by atoms with van der Waals surface area (Å²) in [5.41, 5.74) is 0. The van der Waals surface area contributed by atoms with Crippen LogP contribution in [0.25, 0.3) is 0 Å². The van der Waals surface area contributed by atoms with Gasteiger partial charge in [0.1, 0.15) is 0 Å². The van der Waals surface area contributed by atoms with E-state index in [0.717, 1.165) is 13.1 Å². The smallest absolute Gasteiger partial charge is 0.319 e. The van der Waals surface area contributed by atoms with Gasteiger partial charge >= 0.3 is 5.97 Å². The summed E-state index contributed by atoms with van der Waals surface area (Å²) >= 11 is 0. The minimum Gasteiger partial charge on any atom is -0.468 e. The Bertz CT molecular complexity index is 160. The summed E-state index contributed by atoms with van der Waals surface area (Å²) in [6, 6.07) is 0. The molecule has 0 fully saturated rings. The molecule has 0 aliphatic rings. The van der Waals surface area contributed by atoms with E-state index < -0.39 is 0 Å². The first kappa shape index (κ1) is 14.4. The van der Waals surface area contributed by atoms with Crippen molar-refractivity contribution >= 4 is 5.97 Å². The van der Waals surface area contributed by atoms with Gasteiger partial charge < -0.3 is 4.74 Å². The molecule has 0 aromatic rings. The number of carbonyl (C=O) groups excluding carboxylic acids is 1. The van der Waals surface area contributed by atoms with E-state index in [1.807, 2.05) is 0 Å². The lowest BCUT2D eigenvalue weighted by molar-refractivity contribution is -0.141. The summed E-state index contributed by atoms with van der Waals surface area (Å²) in [5.74, 6) is -0.134. The van der Waals surface area contributed by atoms with Gasteiger partial charge in [0.05, 0.1) is 13.7 Å². The zero-order valence-electron chi connectivity index (χ0n) is 10.4. The topological polar surface area (TPSA) is 29.5 Å². The molecule has 0 amide bonds. The quantitative estimate of drug-likeness (QED) is 0.437. The highest BCUT2D eigenvalue weighted by atomic mass is 16.5. The van der Waals surface area contributed by atoms with E-state index >= 15 is 0 Å². The predicted molar refractivity (Wildman–Crippen MR) is 62.9 cm³/mol. The normalized spacial score (nSPS) is 10.7. The second kappa shape index (κ2) is 9.97. The average molecular weight is 215 g/mol. The Morgan fingerprint density at radius 1 is 1.13 bits per heavy atom. The summed E-state index contributed by atoms with van der Waals surface area (Å²) in [5, 5.41) is 0. The molecule has 0 aromatic heterocycles. The molecule has 15 heavy (non-hydrogen) atoms. The molecule has 3 heteroatoms. The van der Waals surface area contributed by atoms with Crippen molar-refractivity contribution in [1.29, 1.82) is 0 Å². The van der Waals surface area contributed by atoms with E-state index in [1.54, 1.807) is 0 Å². The van der Waals surface area contributed by atoms with Gasteiger partial charge in [-0.25, -0.2) is 0 Å². The summed E-state index contributed by atoms with van der Waals surface area (Å²) in [7, 11) is 1.44. The average Bonchev–Trinajstić information content (AvgIpc) is 2.26. The monoisotopic (exact) mass is 215 g/mol. The molecule has 0 radical (unpaired) electrons. The van der Waals surface area contributed by atoms with Crippen LogP contribution in [0, 0.1) is 0 Å². The van der Waals surface area contributed by atoms with Crippen LogP contribution < -0.4 is 0 Å². The fraction of sp³-hybridized carbons (Fsp3) is 0.917. The van der Waals surface area contributed by atoms with Gasteiger partial charge in [0.2, 0.25) is 0 Å². The van der Waals surface area contributed by atoms with E-state index in [2.05, 4.69) is 23.5 Å². The maximum absolute atomic E-state index is 11.1. The molecule has 0 spiro atoms. The molecule has 0 atom stereocenters. The van der Waals surface area contributed by atoms with Crippen molar-refractivity contribution < 1.29 is 9.53 Å². The van der Waals surface area contributed by atoms with Crippen molar-refractivity contribution in [1.82, 2.24) is 4.90 Å². The van der Waals surface area contributed by atoms with Crippen molar-refractivity contribution in [2.45, 2.75) is 46.0 Å². The van der Waals surface area contributed by atoms with Crippen LogP contribution in [0.2, 0.25) is 0 Å². The van der Waals surface area contributed by atoms with Crippen molar-refractivity contribution in [2.75, 3.05) is 26.7 Å². The van der Waals surface area contributed by atoms with Crippen molar-refractivity contribution in [3.63, 3.8) is 0 Å². The lowest BCUT2D eigenvalue weighted by Crippen LogP contribution is -2.31. The molecular weight excluding hydrogens is 190 g/mol. The van der Waals surface area contributed by atoms with Crippen molar-refractivity contribution in [3.05, 3.63) is 0 Å². The first-order valence-electron chi connectivity index (χ1n) is 6.03. The zero-order chi connectivity index (χ0) is 11.5. The van der Waals surface area contributed by atoms with Crippen molar-refractivity contribution in [3.8, 4) is 0 Å². The highest BCUT2D eigenvalue weighted by Crippen LogP contribution is 2.03. The van der Waals surface area contributed by atoms with Gasteiger partial charge in [-0.1, -0.05) is 39.5 Å². The number of rotatable bonds is 9. The Kier molecular flexibility index (Phi) is 9.59. The van der Waals surface area contributed by atoms with Crippen LogP contribution in [0.1, 0.15) is 46.0 Å². The number of nitrogens with zero attached hydrogens (tertiary/aromatic N) is 1. The largest absolute Gasteiger partial charge is 0.468 e. The number of hydrogen-bond donors (Lipinski definition) is 0. The first-order chi connectivity index (χ1) is 7.24. The van der Waals surface area contributed by atoms with Gasteiger partial charge in [0.25, 0.3) is 0 Å². The van der Waals surface area contributed by atoms with Crippen LogP contribution in [-0.4, -0.2) is 37.6 Å². The van der Waals surface area contributed by atoms with Gasteiger partial charge in [-0.05, 0) is 19.5 Å². The molecule has 0 aromatic carbocycles. The van der Waals surface area contributed by atoms with Gasteiger partial charge in [-0.15, -0.1) is 0 Å². The van der Waals surface area contributed by atoms with Crippen LogP contribution >= 0.6 is 0 Å². The van der Waals surface area contributed by atoms with Crippen LogP contribution in [0.3, 0.4) is 0 Å². The third-order valence-corrected chi connectivity index (χ3v) is 2.61. The SMILES string of the molecule is CCCCCCCN(CC)CC(=O)OC. The number of unbranched alkanes of at least 4 members (excludes halogenated alkanes) is 4. The van der Waals surface area contributed by atoms with E-state index in [-0.39, 0.29) is 5.97 Å². The molecule has 0 saturated carbocycles. The Morgan fingerprint density at radius 2 is 1.80 bits per heavy atom. The molecule has 0 heterocycles. The third-order valence-electron chi connectivity index (χ3n) is 2.61. The molecule has 0 aliphatic carbocycles. The Morgan fingerprint density at radius 3 is 2.33 bits per heavy atom. The number of carbonyl (C=O) groups is 1. The number of ether oxygens (including phenoxy) is 1.